The van der Waals surface area contributed by atoms with Gasteiger partial charge in [-0.05, 0) is 61.0 Å². The Bertz CT molecular complexity index is 1200. The van der Waals surface area contributed by atoms with Crippen LogP contribution in [-0.2, 0) is 20.1 Å². The van der Waals surface area contributed by atoms with Gasteiger partial charge in [0.25, 0.3) is 10.0 Å². The molecule has 7 nitrogen and oxygen atoms in total. The summed E-state index contributed by atoms with van der Waals surface area (Å²) in [5.41, 5.74) is 1.50. The van der Waals surface area contributed by atoms with E-state index in [0.29, 0.717) is 5.56 Å². The smallest absolute Gasteiger partial charge is 0.339 e. The summed E-state index contributed by atoms with van der Waals surface area (Å²) < 4.78 is 53.8. The zero-order valence-electron chi connectivity index (χ0n) is 15.4. The van der Waals surface area contributed by atoms with Crippen LogP contribution in [0.4, 0.5) is 0 Å². The van der Waals surface area contributed by atoms with Gasteiger partial charge in [-0.25, -0.2) is 4.83 Å². The Labute approximate surface area is 169 Å². The van der Waals surface area contributed by atoms with Gasteiger partial charge in [-0.3, -0.25) is 0 Å². The van der Waals surface area contributed by atoms with Crippen molar-refractivity contribution in [2.24, 2.45) is 5.10 Å². The summed E-state index contributed by atoms with van der Waals surface area (Å²) in [6.45, 7) is 1.86. The maximum atomic E-state index is 12.3. The van der Waals surface area contributed by atoms with Crippen molar-refractivity contribution >= 4 is 26.4 Å². The molecule has 9 heteroatoms. The van der Waals surface area contributed by atoms with Crippen molar-refractivity contribution in [1.82, 2.24) is 4.83 Å². The molecule has 0 radical (unpaired) electrons. The van der Waals surface area contributed by atoms with Gasteiger partial charge in [-0.15, -0.1) is 0 Å². The van der Waals surface area contributed by atoms with E-state index in [1.807, 2.05) is 6.92 Å². The van der Waals surface area contributed by atoms with Crippen LogP contribution in [0, 0.1) is 6.92 Å². The van der Waals surface area contributed by atoms with E-state index in [1.54, 1.807) is 42.5 Å². The first-order chi connectivity index (χ1) is 13.8. The third kappa shape index (κ3) is 5.43. The molecule has 0 unspecified atom stereocenters. The third-order valence-corrected chi connectivity index (χ3v) is 6.34. The molecule has 0 saturated carbocycles. The molecule has 0 amide bonds. The first kappa shape index (κ1) is 20.6. The fourth-order valence-corrected chi connectivity index (χ4v) is 4.05. The predicted molar refractivity (Wildman–Crippen MR) is 110 cm³/mol. The lowest BCUT2D eigenvalue weighted by Crippen LogP contribution is -2.18. The average Bonchev–Trinajstić information content (AvgIpc) is 2.70. The Kier molecular flexibility index (Phi) is 6.00. The molecule has 0 spiro atoms. The highest BCUT2D eigenvalue weighted by Crippen LogP contribution is 2.19. The third-order valence-electron chi connectivity index (χ3n) is 3.84. The monoisotopic (exact) mass is 430 g/mol. The second-order valence-electron chi connectivity index (χ2n) is 6.09. The summed E-state index contributed by atoms with van der Waals surface area (Å²) >= 11 is 0. The molecule has 29 heavy (non-hydrogen) atoms. The SMILES string of the molecule is Cc1ccc(S(=O)(=O)Oc2ccc(/C=N\NS(=O)(=O)c3ccccc3)cc2)cc1. The molecule has 0 aliphatic carbocycles. The molecule has 0 saturated heterocycles. The van der Waals surface area contributed by atoms with E-state index in [0.717, 1.165) is 5.56 Å². The van der Waals surface area contributed by atoms with Crippen LogP contribution in [0.25, 0.3) is 0 Å². The zero-order chi connectivity index (χ0) is 20.9. The van der Waals surface area contributed by atoms with Crippen molar-refractivity contribution in [3.05, 3.63) is 90.0 Å². The molecule has 0 bridgehead atoms. The van der Waals surface area contributed by atoms with Gasteiger partial charge >= 0.3 is 10.1 Å². The van der Waals surface area contributed by atoms with Crippen molar-refractivity contribution in [2.75, 3.05) is 0 Å². The Morgan fingerprint density at radius 1 is 0.793 bits per heavy atom. The molecular formula is C20H18N2O5S2. The minimum atomic E-state index is -3.94. The van der Waals surface area contributed by atoms with E-state index >= 15 is 0 Å². The van der Waals surface area contributed by atoms with Gasteiger partial charge < -0.3 is 4.18 Å². The van der Waals surface area contributed by atoms with E-state index in [4.69, 9.17) is 4.18 Å². The molecule has 0 aliphatic rings. The van der Waals surface area contributed by atoms with Crippen molar-refractivity contribution in [3.63, 3.8) is 0 Å². The number of hydrogen-bond donors (Lipinski definition) is 1. The van der Waals surface area contributed by atoms with E-state index in [-0.39, 0.29) is 15.5 Å². The van der Waals surface area contributed by atoms with Crippen molar-refractivity contribution in [3.8, 4) is 5.75 Å². The number of hydrogen-bond acceptors (Lipinski definition) is 6. The molecule has 0 heterocycles. The van der Waals surface area contributed by atoms with Crippen LogP contribution in [0.1, 0.15) is 11.1 Å². The molecule has 0 aromatic heterocycles. The van der Waals surface area contributed by atoms with Gasteiger partial charge in [0.2, 0.25) is 0 Å². The molecule has 150 valence electrons. The van der Waals surface area contributed by atoms with Crippen LogP contribution >= 0.6 is 0 Å². The van der Waals surface area contributed by atoms with Crippen LogP contribution in [0.5, 0.6) is 5.75 Å². The first-order valence-corrected chi connectivity index (χ1v) is 11.4. The topological polar surface area (TPSA) is 102 Å². The summed E-state index contributed by atoms with van der Waals surface area (Å²) in [5.74, 6) is 0.132. The quantitative estimate of drug-likeness (QED) is 0.353. The van der Waals surface area contributed by atoms with Crippen LogP contribution in [0.15, 0.2) is 93.8 Å². The second kappa shape index (κ2) is 8.46. The number of benzene rings is 3. The predicted octanol–water partition coefficient (Wildman–Crippen LogP) is 3.08. The molecule has 1 N–H and O–H groups in total. The summed E-state index contributed by atoms with van der Waals surface area (Å²) in [6, 6.07) is 20.2. The van der Waals surface area contributed by atoms with Gasteiger partial charge in [0.15, 0.2) is 0 Å². The van der Waals surface area contributed by atoms with Crippen LogP contribution in [0.2, 0.25) is 0 Å². The van der Waals surface area contributed by atoms with Crippen molar-refractivity contribution in [1.29, 1.82) is 0 Å². The van der Waals surface area contributed by atoms with E-state index in [1.165, 1.54) is 42.6 Å². The Hall–Kier alpha value is -3.17. The summed E-state index contributed by atoms with van der Waals surface area (Å²) in [6.07, 6.45) is 1.30. The molecule has 3 aromatic carbocycles. The number of aryl methyl sites for hydroxylation is 1. The lowest BCUT2D eigenvalue weighted by Gasteiger charge is -2.07. The highest BCUT2D eigenvalue weighted by Gasteiger charge is 2.16. The lowest BCUT2D eigenvalue weighted by molar-refractivity contribution is 0.486. The molecule has 3 rings (SSSR count). The normalized spacial score (nSPS) is 12.0. The standard InChI is InChI=1S/C20H18N2O5S2/c1-16-7-13-20(14-8-16)29(25,26)27-18-11-9-17(10-12-18)15-21-22-28(23,24)19-5-3-2-4-6-19/h2-15,22H,1H3/b21-15-. The van der Waals surface area contributed by atoms with Crippen molar-refractivity contribution in [2.45, 2.75) is 16.7 Å². The van der Waals surface area contributed by atoms with E-state index < -0.39 is 20.1 Å². The molecule has 0 aliphatic heterocycles. The second-order valence-corrected chi connectivity index (χ2v) is 9.29. The fraction of sp³-hybridized carbons (Fsp3) is 0.0500. The molecule has 0 atom stereocenters. The highest BCUT2D eigenvalue weighted by atomic mass is 32.2. The van der Waals surface area contributed by atoms with Crippen LogP contribution in [0.3, 0.4) is 0 Å². The summed E-state index contributed by atoms with van der Waals surface area (Å²) in [5, 5.41) is 3.73. The van der Waals surface area contributed by atoms with Crippen LogP contribution < -0.4 is 9.01 Å². The summed E-state index contributed by atoms with van der Waals surface area (Å²) in [7, 11) is -7.68. The molecule has 3 aromatic rings. The van der Waals surface area contributed by atoms with E-state index in [9.17, 15) is 16.8 Å². The Morgan fingerprint density at radius 2 is 1.41 bits per heavy atom. The molecular weight excluding hydrogens is 412 g/mol. The van der Waals surface area contributed by atoms with E-state index in [2.05, 4.69) is 9.93 Å². The fourth-order valence-electron chi connectivity index (χ4n) is 2.31. The molecule has 0 fully saturated rings. The number of nitrogens with zero attached hydrogens (tertiary/aromatic N) is 1. The minimum absolute atomic E-state index is 0.0593. The van der Waals surface area contributed by atoms with Gasteiger partial charge in [0.05, 0.1) is 11.1 Å². The average molecular weight is 431 g/mol. The number of hydrazone groups is 1. The first-order valence-electron chi connectivity index (χ1n) is 8.47. The van der Waals surface area contributed by atoms with Gasteiger partial charge in [0, 0.05) is 0 Å². The Balaban J connectivity index is 1.66. The summed E-state index contributed by atoms with van der Waals surface area (Å²) in [4.78, 5) is 2.28. The maximum Gasteiger partial charge on any atom is 0.339 e. The van der Waals surface area contributed by atoms with Crippen LogP contribution in [-0.4, -0.2) is 23.1 Å². The largest absolute Gasteiger partial charge is 0.379 e. The number of nitrogens with one attached hydrogen (secondary N) is 1. The number of sulfonamides is 1. The van der Waals surface area contributed by atoms with Gasteiger partial charge in [0.1, 0.15) is 10.6 Å². The minimum Gasteiger partial charge on any atom is -0.379 e. The van der Waals surface area contributed by atoms with Crippen molar-refractivity contribution < 1.29 is 21.0 Å². The highest BCUT2D eigenvalue weighted by molar-refractivity contribution is 7.89. The maximum absolute atomic E-state index is 12.3. The van der Waals surface area contributed by atoms with Gasteiger partial charge in [-0.2, -0.15) is 21.9 Å². The zero-order valence-corrected chi connectivity index (χ0v) is 17.0. The lowest BCUT2D eigenvalue weighted by atomic mass is 10.2. The Morgan fingerprint density at radius 3 is 2.03 bits per heavy atom. The van der Waals surface area contributed by atoms with Gasteiger partial charge in [-0.1, -0.05) is 35.9 Å². The number of rotatable bonds is 7.